The van der Waals surface area contributed by atoms with Crippen LogP contribution in [-0.2, 0) is 33.5 Å². The van der Waals surface area contributed by atoms with E-state index in [1.54, 1.807) is 6.92 Å². The Morgan fingerprint density at radius 1 is 1.16 bits per heavy atom. The zero-order valence-electron chi connectivity index (χ0n) is 19.3. The van der Waals surface area contributed by atoms with Crippen LogP contribution < -0.4 is 5.32 Å². The molecule has 1 aliphatic heterocycles. The van der Waals surface area contributed by atoms with E-state index in [2.05, 4.69) is 19.2 Å². The third-order valence-corrected chi connectivity index (χ3v) is 6.04. The van der Waals surface area contributed by atoms with Crippen LogP contribution in [0.25, 0.3) is 11.1 Å². The lowest BCUT2D eigenvalue weighted by Crippen LogP contribution is -2.41. The molecular formula is C24H33N3O5. The van der Waals surface area contributed by atoms with Crippen LogP contribution in [0.5, 0.6) is 0 Å². The molecule has 0 spiro atoms. The summed E-state index contributed by atoms with van der Waals surface area (Å²) in [5.74, 6) is -0.282. The van der Waals surface area contributed by atoms with E-state index in [0.717, 1.165) is 48.7 Å². The second-order valence-corrected chi connectivity index (χ2v) is 8.96. The Kier molecular flexibility index (Phi) is 7.10. The molecule has 8 nitrogen and oxygen atoms in total. The molecule has 0 saturated carbocycles. The van der Waals surface area contributed by atoms with Crippen molar-refractivity contribution in [2.75, 3.05) is 44.8 Å². The first-order chi connectivity index (χ1) is 15.5. The second-order valence-electron chi connectivity index (χ2n) is 8.96. The number of morpholine rings is 1. The van der Waals surface area contributed by atoms with Gasteiger partial charge >= 0.3 is 5.97 Å². The molecular weight excluding hydrogens is 410 g/mol. The number of ether oxygens (including phenoxy) is 2. The van der Waals surface area contributed by atoms with Crippen LogP contribution in [0.3, 0.4) is 0 Å². The Bertz CT molecular complexity index is 991. The highest BCUT2D eigenvalue weighted by Gasteiger charge is 2.30. The van der Waals surface area contributed by atoms with Gasteiger partial charge in [0, 0.05) is 18.8 Å². The number of nitrogens with zero attached hydrogens (tertiary/aromatic N) is 2. The summed E-state index contributed by atoms with van der Waals surface area (Å²) in [4.78, 5) is 32.5. The molecule has 0 radical (unpaired) electrons. The van der Waals surface area contributed by atoms with Gasteiger partial charge in [-0.15, -0.1) is 0 Å². The van der Waals surface area contributed by atoms with E-state index in [0.29, 0.717) is 43.6 Å². The van der Waals surface area contributed by atoms with Crippen LogP contribution in [0, 0.1) is 5.92 Å². The number of rotatable bonds is 7. The highest BCUT2D eigenvalue weighted by atomic mass is 16.5. The molecule has 174 valence electrons. The van der Waals surface area contributed by atoms with Crippen molar-refractivity contribution < 1.29 is 23.5 Å². The molecule has 8 heteroatoms. The Morgan fingerprint density at radius 2 is 1.88 bits per heavy atom. The first-order valence-electron chi connectivity index (χ1n) is 11.7. The monoisotopic (exact) mass is 443 g/mol. The Morgan fingerprint density at radius 3 is 2.56 bits per heavy atom. The summed E-state index contributed by atoms with van der Waals surface area (Å²) in [6.45, 7) is 9.20. The molecule has 0 unspecified atom stereocenters. The van der Waals surface area contributed by atoms with Crippen molar-refractivity contribution in [1.82, 2.24) is 9.88 Å². The van der Waals surface area contributed by atoms with Gasteiger partial charge in [-0.05, 0) is 56.1 Å². The zero-order chi connectivity index (χ0) is 22.7. The van der Waals surface area contributed by atoms with E-state index in [9.17, 15) is 9.59 Å². The minimum Gasteiger partial charge on any atom is -0.460 e. The van der Waals surface area contributed by atoms with Crippen molar-refractivity contribution in [2.45, 2.75) is 52.9 Å². The third-order valence-electron chi connectivity index (χ3n) is 6.04. The van der Waals surface area contributed by atoms with Gasteiger partial charge in [0.15, 0.2) is 0 Å². The average Bonchev–Trinajstić information content (AvgIpc) is 3.12. The maximum absolute atomic E-state index is 12.9. The fraction of sp³-hybridized carbons (Fsp3) is 0.625. The molecule has 0 aromatic carbocycles. The molecule has 3 heterocycles. The van der Waals surface area contributed by atoms with E-state index in [-0.39, 0.29) is 24.8 Å². The van der Waals surface area contributed by atoms with Crippen LogP contribution >= 0.6 is 0 Å². The number of fused-ring (bicyclic) bond motifs is 3. The van der Waals surface area contributed by atoms with Crippen LogP contribution in [-0.4, -0.2) is 61.2 Å². The smallest absolute Gasteiger partial charge is 0.376 e. The maximum Gasteiger partial charge on any atom is 0.376 e. The predicted octanol–water partition coefficient (Wildman–Crippen LogP) is 3.35. The number of pyridine rings is 1. The quantitative estimate of drug-likeness (QED) is 0.656. The molecule has 1 saturated heterocycles. The van der Waals surface area contributed by atoms with Gasteiger partial charge in [-0.2, -0.15) is 0 Å². The Hall–Kier alpha value is -2.45. The molecule has 2 aromatic rings. The van der Waals surface area contributed by atoms with Gasteiger partial charge in [0.25, 0.3) is 0 Å². The highest BCUT2D eigenvalue weighted by Crippen LogP contribution is 2.39. The Balaban J connectivity index is 1.76. The van der Waals surface area contributed by atoms with Crippen molar-refractivity contribution in [2.24, 2.45) is 5.92 Å². The average molecular weight is 444 g/mol. The number of anilines is 1. The van der Waals surface area contributed by atoms with Gasteiger partial charge in [0.05, 0.1) is 31.8 Å². The van der Waals surface area contributed by atoms with Gasteiger partial charge in [0.1, 0.15) is 5.69 Å². The number of carbonyl (C=O) groups is 2. The number of amides is 1. The number of furan rings is 1. The van der Waals surface area contributed by atoms with Crippen molar-refractivity contribution in [3.8, 4) is 0 Å². The summed E-state index contributed by atoms with van der Waals surface area (Å²) >= 11 is 0. The molecule has 2 aliphatic rings. The van der Waals surface area contributed by atoms with Crippen LogP contribution in [0.1, 0.15) is 61.0 Å². The van der Waals surface area contributed by atoms with E-state index in [1.807, 2.05) is 4.90 Å². The van der Waals surface area contributed by atoms with Crippen molar-refractivity contribution in [3.63, 3.8) is 0 Å². The van der Waals surface area contributed by atoms with Gasteiger partial charge in [-0.3, -0.25) is 9.69 Å². The molecule has 1 aliphatic carbocycles. The van der Waals surface area contributed by atoms with Crippen molar-refractivity contribution in [3.05, 3.63) is 22.6 Å². The molecule has 4 rings (SSSR count). The fourth-order valence-corrected chi connectivity index (χ4v) is 4.62. The lowest BCUT2D eigenvalue weighted by Gasteiger charge is -2.26. The summed E-state index contributed by atoms with van der Waals surface area (Å²) in [6, 6.07) is 0. The van der Waals surface area contributed by atoms with Crippen molar-refractivity contribution in [1.29, 1.82) is 0 Å². The second kappa shape index (κ2) is 10.0. The topological polar surface area (TPSA) is 93.9 Å². The minimum absolute atomic E-state index is 0.0270. The summed E-state index contributed by atoms with van der Waals surface area (Å²) in [5.41, 5.74) is 4.25. The van der Waals surface area contributed by atoms with E-state index >= 15 is 0 Å². The minimum atomic E-state index is -0.581. The van der Waals surface area contributed by atoms with Gasteiger partial charge in [-0.1, -0.05) is 13.8 Å². The standard InChI is InChI=1S/C24H33N3O5/c1-4-31-24(29)22-21(26-19(28)14-27-9-11-30-12-10-27)20-17-8-6-5-7-16(17)18(13-15(2)3)25-23(20)32-22/h15H,4-14H2,1-3H3,(H,26,28). The number of hydrogen-bond acceptors (Lipinski definition) is 7. The zero-order valence-corrected chi connectivity index (χ0v) is 19.3. The molecule has 1 N–H and O–H groups in total. The van der Waals surface area contributed by atoms with E-state index in [4.69, 9.17) is 18.9 Å². The third kappa shape index (κ3) is 4.81. The van der Waals surface area contributed by atoms with E-state index in [1.165, 1.54) is 5.56 Å². The number of aryl methyl sites for hydroxylation is 1. The summed E-state index contributed by atoms with van der Waals surface area (Å²) in [6.07, 6.45) is 4.88. The first-order valence-corrected chi connectivity index (χ1v) is 11.7. The summed E-state index contributed by atoms with van der Waals surface area (Å²) in [5, 5.41) is 3.73. The molecule has 1 amide bonds. The number of esters is 1. The predicted molar refractivity (Wildman–Crippen MR) is 121 cm³/mol. The molecule has 2 aromatic heterocycles. The highest BCUT2D eigenvalue weighted by molar-refractivity contribution is 6.10. The lowest BCUT2D eigenvalue weighted by molar-refractivity contribution is -0.118. The SMILES string of the molecule is CCOC(=O)c1oc2nc(CC(C)C)c3c(c2c1NC(=O)CN1CCOCC1)CCCC3. The molecule has 32 heavy (non-hydrogen) atoms. The first kappa shape index (κ1) is 22.7. The van der Waals surface area contributed by atoms with Gasteiger partial charge in [0.2, 0.25) is 17.4 Å². The fourth-order valence-electron chi connectivity index (χ4n) is 4.62. The molecule has 1 fully saturated rings. The number of carbonyl (C=O) groups excluding carboxylic acids is 2. The normalized spacial score (nSPS) is 16.9. The lowest BCUT2D eigenvalue weighted by atomic mass is 9.86. The maximum atomic E-state index is 12.9. The largest absolute Gasteiger partial charge is 0.460 e. The summed E-state index contributed by atoms with van der Waals surface area (Å²) < 4.78 is 16.6. The van der Waals surface area contributed by atoms with Crippen molar-refractivity contribution >= 4 is 28.7 Å². The molecule has 0 atom stereocenters. The van der Waals surface area contributed by atoms with Gasteiger partial charge < -0.3 is 19.2 Å². The number of aromatic nitrogens is 1. The van der Waals surface area contributed by atoms with Crippen LogP contribution in [0.2, 0.25) is 0 Å². The van der Waals surface area contributed by atoms with E-state index < -0.39 is 5.97 Å². The Labute approximate surface area is 188 Å². The van der Waals surface area contributed by atoms with Gasteiger partial charge in [-0.25, -0.2) is 9.78 Å². The van der Waals surface area contributed by atoms with Crippen LogP contribution in [0.15, 0.2) is 4.42 Å². The summed E-state index contributed by atoms with van der Waals surface area (Å²) in [7, 11) is 0. The number of hydrogen-bond donors (Lipinski definition) is 1. The number of nitrogens with one attached hydrogen (secondary N) is 1. The molecule has 0 bridgehead atoms. The van der Waals surface area contributed by atoms with Crippen LogP contribution in [0.4, 0.5) is 5.69 Å².